The van der Waals surface area contributed by atoms with Crippen LogP contribution in [0.1, 0.15) is 13.3 Å². The van der Waals surface area contributed by atoms with Crippen LogP contribution in [0.25, 0.3) is 0 Å². The Morgan fingerprint density at radius 3 is 2.29 bits per heavy atom. The quantitative estimate of drug-likeness (QED) is 0.781. The molecule has 0 N–H and O–H groups in total. The maximum atomic E-state index is 13.9. The molecule has 0 aliphatic carbocycles. The Bertz CT molecular complexity index is 631. The number of anilines is 1. The monoisotopic (exact) mass is 343 g/mol. The van der Waals surface area contributed by atoms with Gasteiger partial charge in [0, 0.05) is 46.1 Å². The van der Waals surface area contributed by atoms with Crippen LogP contribution in [-0.2, 0) is 9.59 Å². The number of halogens is 3. The van der Waals surface area contributed by atoms with Crippen molar-refractivity contribution >= 4 is 17.5 Å². The topological polar surface area (TPSA) is 43.9 Å². The van der Waals surface area contributed by atoms with Gasteiger partial charge in [-0.05, 0) is 19.2 Å². The van der Waals surface area contributed by atoms with E-state index in [1.165, 1.54) is 6.92 Å². The lowest BCUT2D eigenvalue weighted by Gasteiger charge is -2.33. The predicted octanol–water partition coefficient (Wildman–Crippen LogP) is 1.62. The van der Waals surface area contributed by atoms with Crippen LogP contribution < -0.4 is 4.90 Å². The molecule has 8 heteroatoms. The second kappa shape index (κ2) is 7.65. The van der Waals surface area contributed by atoms with Gasteiger partial charge < -0.3 is 14.7 Å². The van der Waals surface area contributed by atoms with Crippen LogP contribution in [0.2, 0.25) is 0 Å². The Morgan fingerprint density at radius 1 is 1.08 bits per heavy atom. The molecule has 132 valence electrons. The molecule has 0 aromatic heterocycles. The van der Waals surface area contributed by atoms with Crippen molar-refractivity contribution in [1.82, 2.24) is 9.80 Å². The maximum Gasteiger partial charge on any atom is 0.224 e. The van der Waals surface area contributed by atoms with Crippen LogP contribution in [0.15, 0.2) is 12.1 Å². The molecule has 1 aromatic carbocycles. The number of carbonyl (C=O) groups is 2. The van der Waals surface area contributed by atoms with Crippen LogP contribution in [-0.4, -0.2) is 61.4 Å². The van der Waals surface area contributed by atoms with Gasteiger partial charge in [-0.2, -0.15) is 0 Å². The van der Waals surface area contributed by atoms with Crippen molar-refractivity contribution < 1.29 is 22.8 Å². The minimum absolute atomic E-state index is 0.0122. The fraction of sp³-hybridized carbons (Fsp3) is 0.500. The molecule has 1 heterocycles. The summed E-state index contributed by atoms with van der Waals surface area (Å²) in [7, 11) is 1.96. The second-order valence-corrected chi connectivity index (χ2v) is 5.80. The Labute approximate surface area is 138 Å². The fourth-order valence-corrected chi connectivity index (χ4v) is 2.59. The first kappa shape index (κ1) is 18.3. The highest BCUT2D eigenvalue weighted by Crippen LogP contribution is 2.24. The van der Waals surface area contributed by atoms with Gasteiger partial charge in [0.1, 0.15) is 0 Å². The van der Waals surface area contributed by atoms with Crippen LogP contribution in [0.3, 0.4) is 0 Å². The molecule has 1 aromatic rings. The SMILES string of the molecule is CC(=O)N(CCC(=O)N1CCN(C)CC1)c1ccc(F)c(F)c1F. The summed E-state index contributed by atoms with van der Waals surface area (Å²) in [5, 5.41) is 0. The molecule has 1 fully saturated rings. The van der Waals surface area contributed by atoms with Crippen molar-refractivity contribution in [2.24, 2.45) is 0 Å². The minimum Gasteiger partial charge on any atom is -0.340 e. The van der Waals surface area contributed by atoms with Gasteiger partial charge in [-0.1, -0.05) is 0 Å². The van der Waals surface area contributed by atoms with Gasteiger partial charge in [-0.3, -0.25) is 9.59 Å². The first-order chi connectivity index (χ1) is 11.3. The molecule has 24 heavy (non-hydrogen) atoms. The number of rotatable bonds is 4. The van der Waals surface area contributed by atoms with Gasteiger partial charge >= 0.3 is 0 Å². The van der Waals surface area contributed by atoms with E-state index in [1.807, 2.05) is 7.05 Å². The Balaban J connectivity index is 2.06. The zero-order valence-electron chi connectivity index (χ0n) is 13.7. The van der Waals surface area contributed by atoms with Crippen molar-refractivity contribution in [2.75, 3.05) is 44.7 Å². The summed E-state index contributed by atoms with van der Waals surface area (Å²) in [5.41, 5.74) is -0.368. The summed E-state index contributed by atoms with van der Waals surface area (Å²) in [6.45, 7) is 3.80. The Hall–Kier alpha value is -2.09. The van der Waals surface area contributed by atoms with Crippen LogP contribution in [0, 0.1) is 17.5 Å². The van der Waals surface area contributed by atoms with Crippen molar-refractivity contribution in [2.45, 2.75) is 13.3 Å². The normalized spacial score (nSPS) is 15.5. The van der Waals surface area contributed by atoms with Crippen LogP contribution in [0.5, 0.6) is 0 Å². The lowest BCUT2D eigenvalue weighted by atomic mass is 10.2. The molecular weight excluding hydrogens is 323 g/mol. The van der Waals surface area contributed by atoms with Crippen LogP contribution >= 0.6 is 0 Å². The predicted molar refractivity (Wildman–Crippen MR) is 83.0 cm³/mol. The van der Waals surface area contributed by atoms with Gasteiger partial charge in [0.25, 0.3) is 0 Å². The lowest BCUT2D eigenvalue weighted by molar-refractivity contribution is -0.132. The van der Waals surface area contributed by atoms with Gasteiger partial charge in [0.05, 0.1) is 5.69 Å². The molecule has 1 aliphatic rings. The number of hydrogen-bond donors (Lipinski definition) is 0. The first-order valence-electron chi connectivity index (χ1n) is 7.69. The fourth-order valence-electron chi connectivity index (χ4n) is 2.59. The minimum atomic E-state index is -1.64. The standard InChI is InChI=1S/C16H20F3N3O2/c1-11(23)22(13-4-3-12(17)15(18)16(13)19)6-5-14(24)21-9-7-20(2)8-10-21/h3-4H,5-10H2,1-2H3. The van der Waals surface area contributed by atoms with E-state index in [1.54, 1.807) is 4.90 Å². The van der Waals surface area contributed by atoms with Crippen LogP contribution in [0.4, 0.5) is 18.9 Å². The molecule has 2 amide bonds. The summed E-state index contributed by atoms with van der Waals surface area (Å²) >= 11 is 0. The van der Waals surface area contributed by atoms with E-state index in [0.717, 1.165) is 30.1 Å². The molecule has 2 rings (SSSR count). The zero-order valence-corrected chi connectivity index (χ0v) is 13.7. The van der Waals surface area contributed by atoms with Gasteiger partial charge in [0.2, 0.25) is 11.8 Å². The smallest absolute Gasteiger partial charge is 0.224 e. The van der Waals surface area contributed by atoms with Crippen molar-refractivity contribution in [3.8, 4) is 0 Å². The molecule has 0 unspecified atom stereocenters. The molecule has 0 radical (unpaired) electrons. The number of benzene rings is 1. The second-order valence-electron chi connectivity index (χ2n) is 5.80. The van der Waals surface area contributed by atoms with Crippen molar-refractivity contribution in [3.63, 3.8) is 0 Å². The Morgan fingerprint density at radius 2 is 1.71 bits per heavy atom. The Kier molecular flexibility index (Phi) is 5.82. The van der Waals surface area contributed by atoms with E-state index >= 15 is 0 Å². The summed E-state index contributed by atoms with van der Waals surface area (Å²) < 4.78 is 40.3. The van der Waals surface area contributed by atoms with Gasteiger partial charge in [-0.25, -0.2) is 13.2 Å². The number of carbonyl (C=O) groups excluding carboxylic acids is 2. The molecule has 1 saturated heterocycles. The van der Waals surface area contributed by atoms with E-state index in [4.69, 9.17) is 0 Å². The highest BCUT2D eigenvalue weighted by atomic mass is 19.2. The van der Waals surface area contributed by atoms with Crippen molar-refractivity contribution in [3.05, 3.63) is 29.6 Å². The number of piperazine rings is 1. The molecule has 0 saturated carbocycles. The molecule has 5 nitrogen and oxygen atoms in total. The molecule has 0 spiro atoms. The summed E-state index contributed by atoms with van der Waals surface area (Å²) in [6, 6.07) is 1.75. The van der Waals surface area contributed by atoms with E-state index in [0.29, 0.717) is 13.1 Å². The average Bonchev–Trinajstić information content (AvgIpc) is 2.55. The zero-order chi connectivity index (χ0) is 17.9. The molecule has 0 atom stereocenters. The maximum absolute atomic E-state index is 13.9. The number of amides is 2. The highest BCUT2D eigenvalue weighted by molar-refractivity contribution is 5.92. The number of hydrogen-bond acceptors (Lipinski definition) is 3. The van der Waals surface area contributed by atoms with E-state index < -0.39 is 23.4 Å². The third-order valence-corrected chi connectivity index (χ3v) is 4.09. The van der Waals surface area contributed by atoms with E-state index in [-0.39, 0.29) is 24.6 Å². The van der Waals surface area contributed by atoms with Crippen molar-refractivity contribution in [1.29, 1.82) is 0 Å². The molecule has 0 bridgehead atoms. The third-order valence-electron chi connectivity index (χ3n) is 4.09. The number of nitrogens with zero attached hydrogens (tertiary/aromatic N) is 3. The van der Waals surface area contributed by atoms with E-state index in [9.17, 15) is 22.8 Å². The summed E-state index contributed by atoms with van der Waals surface area (Å²) in [4.78, 5) is 28.7. The summed E-state index contributed by atoms with van der Waals surface area (Å²) in [6.07, 6.45) is -0.0122. The molecular formula is C16H20F3N3O2. The highest BCUT2D eigenvalue weighted by Gasteiger charge is 2.24. The van der Waals surface area contributed by atoms with E-state index in [2.05, 4.69) is 4.90 Å². The third kappa shape index (κ3) is 4.05. The first-order valence-corrected chi connectivity index (χ1v) is 7.69. The van der Waals surface area contributed by atoms with Gasteiger partial charge in [0.15, 0.2) is 17.5 Å². The molecule has 1 aliphatic heterocycles. The van der Waals surface area contributed by atoms with Gasteiger partial charge in [-0.15, -0.1) is 0 Å². The number of likely N-dealkylation sites (N-methyl/N-ethyl adjacent to an activating group) is 1. The largest absolute Gasteiger partial charge is 0.340 e. The summed E-state index contributed by atoms with van der Waals surface area (Å²) in [5.74, 6) is -5.10. The average molecular weight is 343 g/mol. The lowest BCUT2D eigenvalue weighted by Crippen LogP contribution is -2.48.